The highest BCUT2D eigenvalue weighted by Gasteiger charge is 2.20. The van der Waals surface area contributed by atoms with Crippen molar-refractivity contribution in [1.29, 1.82) is 0 Å². The van der Waals surface area contributed by atoms with Gasteiger partial charge < -0.3 is 5.11 Å². The fourth-order valence-electron chi connectivity index (χ4n) is 2.64. The molecule has 1 unspecified atom stereocenters. The Balaban J connectivity index is 2.23. The van der Waals surface area contributed by atoms with Crippen molar-refractivity contribution in [2.45, 2.75) is 13.0 Å². The van der Waals surface area contributed by atoms with E-state index in [9.17, 15) is 9.50 Å². The summed E-state index contributed by atoms with van der Waals surface area (Å²) in [5.41, 5.74) is 2.11. The molecule has 1 nitrogen and oxygen atoms in total. The van der Waals surface area contributed by atoms with Crippen LogP contribution in [0.25, 0.3) is 10.8 Å². The van der Waals surface area contributed by atoms with Gasteiger partial charge in [-0.1, -0.05) is 58.4 Å². The topological polar surface area (TPSA) is 20.2 Å². The van der Waals surface area contributed by atoms with E-state index in [-0.39, 0.29) is 5.56 Å². The van der Waals surface area contributed by atoms with E-state index in [2.05, 4.69) is 15.9 Å². The van der Waals surface area contributed by atoms with Crippen molar-refractivity contribution in [2.75, 3.05) is 0 Å². The van der Waals surface area contributed by atoms with Crippen molar-refractivity contribution in [3.05, 3.63) is 81.6 Å². The molecule has 3 aromatic rings. The minimum absolute atomic E-state index is 0.270. The van der Waals surface area contributed by atoms with Gasteiger partial charge in [0, 0.05) is 10.0 Å². The molecular weight excluding hydrogens is 331 g/mol. The molecular formula is C18H14BrFO. The summed E-state index contributed by atoms with van der Waals surface area (Å²) in [4.78, 5) is 0. The van der Waals surface area contributed by atoms with Gasteiger partial charge in [-0.3, -0.25) is 0 Å². The Morgan fingerprint density at radius 3 is 2.38 bits per heavy atom. The molecule has 0 heterocycles. The maximum atomic E-state index is 14.1. The molecule has 0 radical (unpaired) electrons. The molecule has 0 aliphatic heterocycles. The lowest BCUT2D eigenvalue weighted by atomic mass is 9.93. The van der Waals surface area contributed by atoms with Crippen molar-refractivity contribution in [3.8, 4) is 0 Å². The zero-order valence-electron chi connectivity index (χ0n) is 11.5. The van der Waals surface area contributed by atoms with E-state index < -0.39 is 11.9 Å². The van der Waals surface area contributed by atoms with Crippen molar-refractivity contribution in [1.82, 2.24) is 0 Å². The van der Waals surface area contributed by atoms with E-state index in [1.807, 2.05) is 43.3 Å². The Kier molecular flexibility index (Phi) is 3.79. The van der Waals surface area contributed by atoms with Crippen LogP contribution in [0.4, 0.5) is 4.39 Å². The van der Waals surface area contributed by atoms with Gasteiger partial charge in [0.15, 0.2) is 0 Å². The minimum atomic E-state index is -1.01. The second-order valence-electron chi connectivity index (χ2n) is 5.06. The Bertz CT molecular complexity index is 793. The molecule has 0 aliphatic carbocycles. The second kappa shape index (κ2) is 5.58. The highest BCUT2D eigenvalue weighted by atomic mass is 79.9. The highest BCUT2D eigenvalue weighted by molar-refractivity contribution is 9.10. The second-order valence-corrected chi connectivity index (χ2v) is 5.91. The Labute approximate surface area is 131 Å². The molecule has 0 fully saturated rings. The van der Waals surface area contributed by atoms with Crippen molar-refractivity contribution in [3.63, 3.8) is 0 Å². The van der Waals surface area contributed by atoms with Gasteiger partial charge in [-0.05, 0) is 41.0 Å². The fraction of sp³-hybridized carbons (Fsp3) is 0.111. The van der Waals surface area contributed by atoms with Gasteiger partial charge in [-0.15, -0.1) is 0 Å². The van der Waals surface area contributed by atoms with E-state index in [0.29, 0.717) is 10.0 Å². The predicted octanol–water partition coefficient (Wildman–Crippen LogP) is 5.13. The smallest absolute Gasteiger partial charge is 0.130 e. The summed E-state index contributed by atoms with van der Waals surface area (Å²) < 4.78 is 14.6. The number of aliphatic hydroxyl groups excluding tert-OH is 1. The quantitative estimate of drug-likeness (QED) is 0.683. The molecule has 106 valence electrons. The lowest BCUT2D eigenvalue weighted by Crippen LogP contribution is -2.05. The summed E-state index contributed by atoms with van der Waals surface area (Å²) in [5.74, 6) is -0.415. The highest BCUT2D eigenvalue weighted by Crippen LogP contribution is 2.35. The molecule has 0 aromatic heterocycles. The number of aliphatic hydroxyl groups is 1. The summed E-state index contributed by atoms with van der Waals surface area (Å²) >= 11 is 3.32. The van der Waals surface area contributed by atoms with Crippen LogP contribution in [0.5, 0.6) is 0 Å². The minimum Gasteiger partial charge on any atom is -0.383 e. The fourth-order valence-corrected chi connectivity index (χ4v) is 3.20. The summed E-state index contributed by atoms with van der Waals surface area (Å²) in [7, 11) is 0. The van der Waals surface area contributed by atoms with Crippen LogP contribution >= 0.6 is 15.9 Å². The molecule has 0 bridgehead atoms. The van der Waals surface area contributed by atoms with E-state index in [1.165, 1.54) is 6.07 Å². The monoisotopic (exact) mass is 344 g/mol. The average Bonchev–Trinajstić information content (AvgIpc) is 2.47. The van der Waals surface area contributed by atoms with Crippen LogP contribution in [0.2, 0.25) is 0 Å². The Morgan fingerprint density at radius 2 is 1.67 bits per heavy atom. The van der Waals surface area contributed by atoms with Crippen LogP contribution in [-0.2, 0) is 0 Å². The van der Waals surface area contributed by atoms with Gasteiger partial charge >= 0.3 is 0 Å². The van der Waals surface area contributed by atoms with Crippen molar-refractivity contribution >= 4 is 26.7 Å². The number of benzene rings is 3. The molecule has 0 saturated heterocycles. The number of hydrogen-bond acceptors (Lipinski definition) is 1. The Hall–Kier alpha value is -1.71. The lowest BCUT2D eigenvalue weighted by Gasteiger charge is -2.17. The van der Waals surface area contributed by atoms with E-state index in [4.69, 9.17) is 0 Å². The summed E-state index contributed by atoms with van der Waals surface area (Å²) in [6.45, 7) is 2.03. The molecule has 1 N–H and O–H groups in total. The maximum absolute atomic E-state index is 14.1. The van der Waals surface area contributed by atoms with Gasteiger partial charge in [0.25, 0.3) is 0 Å². The third kappa shape index (κ3) is 2.47. The number of aryl methyl sites for hydroxylation is 1. The maximum Gasteiger partial charge on any atom is 0.130 e. The molecule has 21 heavy (non-hydrogen) atoms. The van der Waals surface area contributed by atoms with Gasteiger partial charge in [0.1, 0.15) is 11.9 Å². The molecule has 0 amide bonds. The number of hydrogen-bond donors (Lipinski definition) is 1. The van der Waals surface area contributed by atoms with Crippen LogP contribution in [0.3, 0.4) is 0 Å². The van der Waals surface area contributed by atoms with Crippen LogP contribution in [0, 0.1) is 12.7 Å². The third-order valence-electron chi connectivity index (χ3n) is 3.74. The predicted molar refractivity (Wildman–Crippen MR) is 86.8 cm³/mol. The SMILES string of the molecule is Cc1ccc(C(O)c2c(F)cccc2Br)c2ccccc12. The summed E-state index contributed by atoms with van der Waals surface area (Å²) in [6.07, 6.45) is -1.01. The third-order valence-corrected chi connectivity index (χ3v) is 4.44. The molecule has 3 rings (SSSR count). The molecule has 0 spiro atoms. The van der Waals surface area contributed by atoms with Gasteiger partial charge in [0.2, 0.25) is 0 Å². The largest absolute Gasteiger partial charge is 0.383 e. The zero-order chi connectivity index (χ0) is 15.0. The molecule has 0 aliphatic rings. The zero-order valence-corrected chi connectivity index (χ0v) is 13.1. The first-order chi connectivity index (χ1) is 10.1. The van der Waals surface area contributed by atoms with Crippen LogP contribution in [0.1, 0.15) is 22.8 Å². The molecule has 3 aromatic carbocycles. The molecule has 3 heteroatoms. The van der Waals surface area contributed by atoms with E-state index in [0.717, 1.165) is 16.3 Å². The lowest BCUT2D eigenvalue weighted by molar-refractivity contribution is 0.215. The standard InChI is InChI=1S/C18H14BrFO/c1-11-9-10-14(13-6-3-2-5-12(11)13)18(21)17-15(19)7-4-8-16(17)20/h2-10,18,21H,1H3. The van der Waals surface area contributed by atoms with E-state index >= 15 is 0 Å². The van der Waals surface area contributed by atoms with Crippen LogP contribution in [0.15, 0.2) is 59.1 Å². The first-order valence-electron chi connectivity index (χ1n) is 6.70. The summed E-state index contributed by atoms with van der Waals surface area (Å²) in [5, 5.41) is 12.7. The van der Waals surface area contributed by atoms with Crippen molar-refractivity contribution in [2.24, 2.45) is 0 Å². The van der Waals surface area contributed by atoms with Gasteiger partial charge in [-0.25, -0.2) is 4.39 Å². The first kappa shape index (κ1) is 14.2. The van der Waals surface area contributed by atoms with Crippen LogP contribution < -0.4 is 0 Å². The average molecular weight is 345 g/mol. The van der Waals surface area contributed by atoms with Gasteiger partial charge in [0.05, 0.1) is 0 Å². The van der Waals surface area contributed by atoms with E-state index in [1.54, 1.807) is 12.1 Å². The number of halogens is 2. The van der Waals surface area contributed by atoms with Crippen LogP contribution in [-0.4, -0.2) is 5.11 Å². The number of fused-ring (bicyclic) bond motifs is 1. The molecule has 0 saturated carbocycles. The van der Waals surface area contributed by atoms with Gasteiger partial charge in [-0.2, -0.15) is 0 Å². The normalized spacial score (nSPS) is 12.6. The first-order valence-corrected chi connectivity index (χ1v) is 7.49. The van der Waals surface area contributed by atoms with Crippen molar-refractivity contribution < 1.29 is 9.50 Å². The number of rotatable bonds is 2. The Morgan fingerprint density at radius 1 is 0.952 bits per heavy atom. The summed E-state index contributed by atoms with van der Waals surface area (Å²) in [6, 6.07) is 16.4. The molecule has 1 atom stereocenters.